The van der Waals surface area contributed by atoms with Crippen molar-refractivity contribution in [3.8, 4) is 0 Å². The van der Waals surface area contributed by atoms with Gasteiger partial charge in [0.15, 0.2) is 15.6 Å². The first-order chi connectivity index (χ1) is 10.9. The molecule has 0 radical (unpaired) electrons. The zero-order valence-corrected chi connectivity index (χ0v) is 15.0. The third-order valence-corrected chi connectivity index (χ3v) is 7.28. The highest BCUT2D eigenvalue weighted by Crippen LogP contribution is 2.25. The molecule has 2 aromatic rings. The van der Waals surface area contributed by atoms with Crippen molar-refractivity contribution >= 4 is 38.7 Å². The van der Waals surface area contributed by atoms with Gasteiger partial charge in [-0.05, 0) is 31.4 Å². The standard InChI is InChI=1S/C14H16N2O4S3/c1-9-2-3-12(22-9)11(17)7-21-14-16-15-13(20-14)6-10-4-5-23(18,19)8-10/h2-3,10H,4-8H2,1H3/t10-/m0/s1. The summed E-state index contributed by atoms with van der Waals surface area (Å²) in [6.45, 7) is 1.96. The highest BCUT2D eigenvalue weighted by atomic mass is 32.2. The van der Waals surface area contributed by atoms with Gasteiger partial charge in [-0.3, -0.25) is 4.79 Å². The number of thioether (sulfide) groups is 1. The molecule has 3 heterocycles. The zero-order valence-electron chi connectivity index (χ0n) is 12.5. The number of hydrogen-bond donors (Lipinski definition) is 0. The minimum atomic E-state index is -2.90. The van der Waals surface area contributed by atoms with Gasteiger partial charge >= 0.3 is 0 Å². The minimum absolute atomic E-state index is 0.0368. The lowest BCUT2D eigenvalue weighted by Gasteiger charge is -2.01. The monoisotopic (exact) mass is 372 g/mol. The van der Waals surface area contributed by atoms with E-state index < -0.39 is 9.84 Å². The molecular weight excluding hydrogens is 356 g/mol. The number of ketones is 1. The number of sulfone groups is 1. The highest BCUT2D eigenvalue weighted by Gasteiger charge is 2.29. The molecule has 1 saturated heterocycles. The van der Waals surface area contributed by atoms with Crippen molar-refractivity contribution in [2.45, 2.75) is 25.0 Å². The van der Waals surface area contributed by atoms with Gasteiger partial charge in [-0.25, -0.2) is 8.42 Å². The topological polar surface area (TPSA) is 90.1 Å². The largest absolute Gasteiger partial charge is 0.416 e. The van der Waals surface area contributed by atoms with Crippen LogP contribution in [0.2, 0.25) is 0 Å². The van der Waals surface area contributed by atoms with Gasteiger partial charge in [-0.15, -0.1) is 21.5 Å². The van der Waals surface area contributed by atoms with Crippen LogP contribution in [-0.4, -0.2) is 41.7 Å². The van der Waals surface area contributed by atoms with E-state index >= 15 is 0 Å². The Morgan fingerprint density at radius 2 is 2.26 bits per heavy atom. The van der Waals surface area contributed by atoms with Crippen LogP contribution < -0.4 is 0 Å². The average molecular weight is 372 g/mol. The molecule has 0 aliphatic carbocycles. The number of rotatable bonds is 6. The highest BCUT2D eigenvalue weighted by molar-refractivity contribution is 7.99. The number of carbonyl (C=O) groups excluding carboxylic acids is 1. The van der Waals surface area contributed by atoms with E-state index in [0.717, 1.165) is 9.75 Å². The van der Waals surface area contributed by atoms with Gasteiger partial charge in [-0.1, -0.05) is 11.8 Å². The summed E-state index contributed by atoms with van der Waals surface area (Å²) < 4.78 is 28.4. The van der Waals surface area contributed by atoms with Crippen LogP contribution in [0.4, 0.5) is 0 Å². The summed E-state index contributed by atoms with van der Waals surface area (Å²) in [5, 5.41) is 8.20. The van der Waals surface area contributed by atoms with Crippen molar-refractivity contribution in [1.82, 2.24) is 10.2 Å². The Morgan fingerprint density at radius 3 is 2.91 bits per heavy atom. The fourth-order valence-corrected chi connectivity index (χ4v) is 5.86. The van der Waals surface area contributed by atoms with Gasteiger partial charge in [-0.2, -0.15) is 0 Å². The predicted octanol–water partition coefficient (Wildman–Crippen LogP) is 2.39. The number of Topliss-reactive ketones (excluding diaryl/α,β-unsaturated/α-hetero) is 1. The number of carbonyl (C=O) groups is 1. The quantitative estimate of drug-likeness (QED) is 0.568. The van der Waals surface area contributed by atoms with Crippen molar-refractivity contribution in [2.75, 3.05) is 17.3 Å². The van der Waals surface area contributed by atoms with Crippen LogP contribution in [0.25, 0.3) is 0 Å². The van der Waals surface area contributed by atoms with Crippen LogP contribution in [0.15, 0.2) is 21.8 Å². The smallest absolute Gasteiger partial charge is 0.277 e. The second-order valence-corrected chi connectivity index (χ2v) is 10.0. The lowest BCUT2D eigenvalue weighted by molar-refractivity contribution is 0.102. The fraction of sp³-hybridized carbons (Fsp3) is 0.500. The first-order valence-electron chi connectivity index (χ1n) is 7.16. The fourth-order valence-electron chi connectivity index (χ4n) is 2.44. The molecule has 0 spiro atoms. The zero-order chi connectivity index (χ0) is 16.4. The summed E-state index contributed by atoms with van der Waals surface area (Å²) in [5.74, 6) is 1.20. The Kier molecular flexibility index (Phi) is 4.88. The Morgan fingerprint density at radius 1 is 1.43 bits per heavy atom. The van der Waals surface area contributed by atoms with Crippen molar-refractivity contribution in [2.24, 2.45) is 5.92 Å². The van der Waals surface area contributed by atoms with E-state index in [1.807, 2.05) is 19.1 Å². The number of thiophene rings is 1. The minimum Gasteiger partial charge on any atom is -0.416 e. The van der Waals surface area contributed by atoms with Crippen molar-refractivity contribution in [3.05, 3.63) is 27.8 Å². The number of aryl methyl sites for hydroxylation is 1. The molecule has 6 nitrogen and oxygen atoms in total. The van der Waals surface area contributed by atoms with Crippen molar-refractivity contribution in [3.63, 3.8) is 0 Å². The molecule has 0 unspecified atom stereocenters. The molecule has 1 fully saturated rings. The molecule has 1 aliphatic rings. The Labute approximate surface area is 142 Å². The number of aromatic nitrogens is 2. The molecule has 0 saturated carbocycles. The van der Waals surface area contributed by atoms with E-state index in [9.17, 15) is 13.2 Å². The molecule has 0 aromatic carbocycles. The van der Waals surface area contributed by atoms with Crippen LogP contribution in [0, 0.1) is 12.8 Å². The maximum Gasteiger partial charge on any atom is 0.277 e. The van der Waals surface area contributed by atoms with Gasteiger partial charge in [0.2, 0.25) is 5.89 Å². The SMILES string of the molecule is Cc1ccc(C(=O)CSc2nnc(C[C@@H]3CCS(=O)(=O)C3)o2)s1. The van der Waals surface area contributed by atoms with Gasteiger partial charge in [0.25, 0.3) is 5.22 Å². The predicted molar refractivity (Wildman–Crippen MR) is 88.9 cm³/mol. The van der Waals surface area contributed by atoms with Crippen molar-refractivity contribution < 1.29 is 17.6 Å². The average Bonchev–Trinajstić information content (AvgIpc) is 3.18. The summed E-state index contributed by atoms with van der Waals surface area (Å²) in [7, 11) is -2.90. The molecule has 2 aromatic heterocycles. The van der Waals surface area contributed by atoms with E-state index in [0.29, 0.717) is 24.0 Å². The number of nitrogens with zero attached hydrogens (tertiary/aromatic N) is 2. The van der Waals surface area contributed by atoms with E-state index in [2.05, 4.69) is 10.2 Å². The molecular formula is C14H16N2O4S3. The molecule has 9 heteroatoms. The summed E-state index contributed by atoms with van der Waals surface area (Å²) in [4.78, 5) is 13.9. The second kappa shape index (κ2) is 6.74. The van der Waals surface area contributed by atoms with Gasteiger partial charge in [0, 0.05) is 11.3 Å². The Balaban J connectivity index is 1.52. The normalized spacial score (nSPS) is 20.0. The lowest BCUT2D eigenvalue weighted by atomic mass is 10.1. The molecule has 1 atom stereocenters. The summed E-state index contributed by atoms with van der Waals surface area (Å²) in [6.07, 6.45) is 1.12. The van der Waals surface area contributed by atoms with E-state index in [1.165, 1.54) is 23.1 Å². The van der Waals surface area contributed by atoms with E-state index in [-0.39, 0.29) is 29.0 Å². The summed E-state index contributed by atoms with van der Waals surface area (Å²) >= 11 is 2.68. The number of hydrogen-bond acceptors (Lipinski definition) is 8. The molecule has 0 bridgehead atoms. The molecule has 3 rings (SSSR count). The second-order valence-electron chi connectivity index (χ2n) is 5.56. The van der Waals surface area contributed by atoms with Crippen molar-refractivity contribution in [1.29, 1.82) is 0 Å². The lowest BCUT2D eigenvalue weighted by Crippen LogP contribution is -2.07. The van der Waals surface area contributed by atoms with Crippen LogP contribution >= 0.6 is 23.1 Å². The van der Waals surface area contributed by atoms with E-state index in [4.69, 9.17) is 4.42 Å². The molecule has 124 valence electrons. The summed E-state index contributed by atoms with van der Waals surface area (Å²) in [6, 6.07) is 3.74. The van der Waals surface area contributed by atoms with Crippen LogP contribution in [0.5, 0.6) is 0 Å². The third kappa shape index (κ3) is 4.42. The Bertz CT molecular complexity index is 810. The third-order valence-electron chi connectivity index (χ3n) is 3.58. The van der Waals surface area contributed by atoms with Crippen LogP contribution in [0.1, 0.15) is 26.9 Å². The molecule has 0 N–H and O–H groups in total. The van der Waals surface area contributed by atoms with Gasteiger partial charge < -0.3 is 4.42 Å². The summed E-state index contributed by atoms with van der Waals surface area (Å²) in [5.41, 5.74) is 0. The molecule has 1 aliphatic heterocycles. The first-order valence-corrected chi connectivity index (χ1v) is 10.8. The van der Waals surface area contributed by atoms with Gasteiger partial charge in [0.1, 0.15) is 0 Å². The maximum absolute atomic E-state index is 12.0. The van der Waals surface area contributed by atoms with E-state index in [1.54, 1.807) is 0 Å². The first kappa shape index (κ1) is 16.7. The molecule has 23 heavy (non-hydrogen) atoms. The van der Waals surface area contributed by atoms with Crippen LogP contribution in [0.3, 0.4) is 0 Å². The Hall–Kier alpha value is -1.19. The van der Waals surface area contributed by atoms with Crippen LogP contribution in [-0.2, 0) is 16.3 Å². The maximum atomic E-state index is 12.0. The van der Waals surface area contributed by atoms with Gasteiger partial charge in [0.05, 0.1) is 22.1 Å². The molecule has 0 amide bonds.